The summed E-state index contributed by atoms with van der Waals surface area (Å²) in [4.78, 5) is 0. The van der Waals surface area contributed by atoms with Gasteiger partial charge in [0, 0.05) is 10.9 Å². The maximum absolute atomic E-state index is 14.0. The van der Waals surface area contributed by atoms with E-state index < -0.39 is 5.82 Å². The molecule has 2 nitrogen and oxygen atoms in total. The average Bonchev–Trinajstić information content (AvgIpc) is 3.02. The van der Waals surface area contributed by atoms with Crippen molar-refractivity contribution in [3.05, 3.63) is 84.7 Å². The minimum atomic E-state index is -0.409. The van der Waals surface area contributed by atoms with Gasteiger partial charge in [-0.2, -0.15) is 0 Å². The molecule has 1 heterocycles. The molecular formula is C20H13FO2. The van der Waals surface area contributed by atoms with Crippen LogP contribution in [0.5, 0.6) is 11.5 Å². The Bertz CT molecular complexity index is 925. The first-order chi connectivity index (χ1) is 11.3. The van der Waals surface area contributed by atoms with Crippen LogP contribution < -0.4 is 4.74 Å². The number of halogens is 1. The predicted octanol–water partition coefficient (Wildman–Crippen LogP) is 6.03. The van der Waals surface area contributed by atoms with Crippen molar-refractivity contribution < 1.29 is 13.5 Å². The fourth-order valence-electron chi connectivity index (χ4n) is 2.47. The molecule has 4 rings (SSSR count). The van der Waals surface area contributed by atoms with Gasteiger partial charge < -0.3 is 9.15 Å². The van der Waals surface area contributed by atoms with Crippen molar-refractivity contribution in [2.75, 3.05) is 0 Å². The quantitative estimate of drug-likeness (QED) is 0.461. The first kappa shape index (κ1) is 13.6. The van der Waals surface area contributed by atoms with E-state index in [-0.39, 0.29) is 5.75 Å². The summed E-state index contributed by atoms with van der Waals surface area (Å²) >= 11 is 0. The summed E-state index contributed by atoms with van der Waals surface area (Å²) in [7, 11) is 0. The van der Waals surface area contributed by atoms with Crippen LogP contribution in [0.2, 0.25) is 0 Å². The summed E-state index contributed by atoms with van der Waals surface area (Å²) in [6.07, 6.45) is 0. The first-order valence-corrected chi connectivity index (χ1v) is 7.31. The summed E-state index contributed by atoms with van der Waals surface area (Å²) in [6.45, 7) is 0. The van der Waals surface area contributed by atoms with E-state index >= 15 is 0 Å². The molecule has 4 aromatic rings. The molecule has 0 saturated carbocycles. The van der Waals surface area contributed by atoms with E-state index in [1.807, 2.05) is 48.5 Å². The van der Waals surface area contributed by atoms with Crippen LogP contribution in [0.25, 0.3) is 22.3 Å². The van der Waals surface area contributed by atoms with Crippen LogP contribution in [0.1, 0.15) is 0 Å². The molecular weight excluding hydrogens is 291 g/mol. The molecule has 0 unspecified atom stereocenters. The molecule has 3 aromatic carbocycles. The number of benzene rings is 3. The van der Waals surface area contributed by atoms with Crippen LogP contribution in [0.15, 0.2) is 83.3 Å². The summed E-state index contributed by atoms with van der Waals surface area (Å²) in [5, 5.41) is 1.01. The Labute approximate surface area is 132 Å². The van der Waals surface area contributed by atoms with Gasteiger partial charge in [-0.1, -0.05) is 36.4 Å². The van der Waals surface area contributed by atoms with E-state index in [1.165, 1.54) is 6.07 Å². The van der Waals surface area contributed by atoms with Crippen LogP contribution >= 0.6 is 0 Å². The SMILES string of the molecule is Fc1ccc(-c2cc3ccccc3o2)cc1Oc1ccccc1. The fraction of sp³-hybridized carbons (Fsp3) is 0. The number of ether oxygens (including phenoxy) is 1. The van der Waals surface area contributed by atoms with Gasteiger partial charge in [0.2, 0.25) is 0 Å². The van der Waals surface area contributed by atoms with Gasteiger partial charge in [-0.3, -0.25) is 0 Å². The number of hydrogen-bond donors (Lipinski definition) is 0. The van der Waals surface area contributed by atoms with E-state index in [9.17, 15) is 4.39 Å². The lowest BCUT2D eigenvalue weighted by Gasteiger charge is -2.07. The number of para-hydroxylation sites is 2. The molecule has 0 aliphatic carbocycles. The van der Waals surface area contributed by atoms with Crippen molar-refractivity contribution >= 4 is 11.0 Å². The zero-order chi connectivity index (χ0) is 15.6. The highest BCUT2D eigenvalue weighted by atomic mass is 19.1. The predicted molar refractivity (Wildman–Crippen MR) is 88.1 cm³/mol. The molecule has 112 valence electrons. The molecule has 0 radical (unpaired) electrons. The maximum atomic E-state index is 14.0. The Kier molecular flexibility index (Phi) is 3.31. The molecule has 0 amide bonds. The zero-order valence-corrected chi connectivity index (χ0v) is 12.2. The minimum absolute atomic E-state index is 0.175. The van der Waals surface area contributed by atoms with Gasteiger partial charge in [-0.15, -0.1) is 0 Å². The third kappa shape index (κ3) is 2.69. The summed E-state index contributed by atoms with van der Waals surface area (Å²) in [5.41, 5.74) is 1.57. The van der Waals surface area contributed by atoms with Crippen LogP contribution in [0, 0.1) is 5.82 Å². The summed E-state index contributed by atoms with van der Waals surface area (Å²) in [5.74, 6) is 1.04. The molecule has 23 heavy (non-hydrogen) atoms. The first-order valence-electron chi connectivity index (χ1n) is 7.31. The summed E-state index contributed by atoms with van der Waals surface area (Å²) in [6, 6.07) is 23.6. The third-order valence-electron chi connectivity index (χ3n) is 3.61. The van der Waals surface area contributed by atoms with E-state index in [2.05, 4.69) is 0 Å². The van der Waals surface area contributed by atoms with Gasteiger partial charge in [0.1, 0.15) is 17.1 Å². The van der Waals surface area contributed by atoms with Gasteiger partial charge in [0.25, 0.3) is 0 Å². The van der Waals surface area contributed by atoms with Crippen molar-refractivity contribution in [2.24, 2.45) is 0 Å². The second-order valence-corrected chi connectivity index (χ2v) is 5.21. The number of rotatable bonds is 3. The Morgan fingerprint density at radius 3 is 2.39 bits per heavy atom. The normalized spacial score (nSPS) is 10.8. The Morgan fingerprint density at radius 1 is 0.783 bits per heavy atom. The van der Waals surface area contributed by atoms with Gasteiger partial charge in [-0.25, -0.2) is 4.39 Å². The van der Waals surface area contributed by atoms with Gasteiger partial charge >= 0.3 is 0 Å². The molecule has 0 saturated heterocycles. The van der Waals surface area contributed by atoms with Gasteiger partial charge in [0.05, 0.1) is 0 Å². The second-order valence-electron chi connectivity index (χ2n) is 5.21. The van der Waals surface area contributed by atoms with Crippen molar-refractivity contribution in [2.45, 2.75) is 0 Å². The second kappa shape index (κ2) is 5.61. The molecule has 0 N–H and O–H groups in total. The van der Waals surface area contributed by atoms with Crippen molar-refractivity contribution in [3.63, 3.8) is 0 Å². The molecule has 0 atom stereocenters. The Morgan fingerprint density at radius 2 is 1.57 bits per heavy atom. The molecule has 0 bridgehead atoms. The molecule has 0 spiro atoms. The number of fused-ring (bicyclic) bond motifs is 1. The minimum Gasteiger partial charge on any atom is -0.456 e. The molecule has 0 fully saturated rings. The lowest BCUT2D eigenvalue weighted by atomic mass is 10.1. The monoisotopic (exact) mass is 304 g/mol. The van der Waals surface area contributed by atoms with E-state index in [0.29, 0.717) is 11.5 Å². The average molecular weight is 304 g/mol. The van der Waals surface area contributed by atoms with Gasteiger partial charge in [0.15, 0.2) is 11.6 Å². The van der Waals surface area contributed by atoms with Gasteiger partial charge in [-0.05, 0) is 42.5 Å². The highest BCUT2D eigenvalue weighted by Crippen LogP contribution is 2.32. The maximum Gasteiger partial charge on any atom is 0.165 e. The topological polar surface area (TPSA) is 22.4 Å². The van der Waals surface area contributed by atoms with Crippen molar-refractivity contribution in [3.8, 4) is 22.8 Å². The van der Waals surface area contributed by atoms with Crippen LogP contribution in [0.3, 0.4) is 0 Å². The van der Waals surface area contributed by atoms with E-state index in [1.54, 1.807) is 24.3 Å². The van der Waals surface area contributed by atoms with E-state index in [0.717, 1.165) is 16.5 Å². The fourth-order valence-corrected chi connectivity index (χ4v) is 2.47. The largest absolute Gasteiger partial charge is 0.456 e. The van der Waals surface area contributed by atoms with E-state index in [4.69, 9.17) is 9.15 Å². The number of furan rings is 1. The smallest absolute Gasteiger partial charge is 0.165 e. The molecule has 3 heteroatoms. The van der Waals surface area contributed by atoms with Crippen molar-refractivity contribution in [1.82, 2.24) is 0 Å². The Hall–Kier alpha value is -3.07. The Balaban J connectivity index is 1.73. The lowest BCUT2D eigenvalue weighted by Crippen LogP contribution is -1.89. The lowest BCUT2D eigenvalue weighted by molar-refractivity contribution is 0.442. The zero-order valence-electron chi connectivity index (χ0n) is 12.2. The van der Waals surface area contributed by atoms with Crippen LogP contribution in [-0.2, 0) is 0 Å². The standard InChI is InChI=1S/C20H13FO2/c21-17-11-10-15(13-20(17)22-16-7-2-1-3-8-16)19-12-14-6-4-5-9-18(14)23-19/h1-13H. The molecule has 0 aliphatic heterocycles. The number of hydrogen-bond acceptors (Lipinski definition) is 2. The highest BCUT2D eigenvalue weighted by Gasteiger charge is 2.11. The molecule has 0 aliphatic rings. The molecule has 1 aromatic heterocycles. The third-order valence-corrected chi connectivity index (χ3v) is 3.61. The van der Waals surface area contributed by atoms with Crippen LogP contribution in [0.4, 0.5) is 4.39 Å². The highest BCUT2D eigenvalue weighted by molar-refractivity contribution is 5.82. The van der Waals surface area contributed by atoms with Crippen LogP contribution in [-0.4, -0.2) is 0 Å². The summed E-state index contributed by atoms with van der Waals surface area (Å²) < 4.78 is 25.5. The van der Waals surface area contributed by atoms with Crippen molar-refractivity contribution in [1.29, 1.82) is 0 Å².